The second kappa shape index (κ2) is 5.32. The zero-order valence-electron chi connectivity index (χ0n) is 11.2. The summed E-state index contributed by atoms with van der Waals surface area (Å²) < 4.78 is 1.26. The molecule has 1 fully saturated rings. The van der Waals surface area contributed by atoms with Gasteiger partial charge in [0.05, 0.1) is 11.6 Å². The Bertz CT molecular complexity index is 615. The summed E-state index contributed by atoms with van der Waals surface area (Å²) in [6, 6.07) is 8.41. The van der Waals surface area contributed by atoms with E-state index in [9.17, 15) is 5.26 Å². The Morgan fingerprint density at radius 3 is 2.84 bits per heavy atom. The third kappa shape index (κ3) is 2.27. The van der Waals surface area contributed by atoms with Crippen LogP contribution in [-0.2, 0) is 0 Å². The first-order valence-electron chi connectivity index (χ1n) is 6.96. The molecular formula is C16H18N2S. The average Bonchev–Trinajstić information content (AvgIpc) is 2.91. The van der Waals surface area contributed by atoms with Crippen molar-refractivity contribution >= 4 is 21.4 Å². The molecule has 98 valence electrons. The third-order valence-electron chi connectivity index (χ3n) is 4.22. The van der Waals surface area contributed by atoms with E-state index >= 15 is 0 Å². The summed E-state index contributed by atoms with van der Waals surface area (Å²) in [6.45, 7) is 5.76. The molecule has 0 unspecified atom stereocenters. The van der Waals surface area contributed by atoms with Crippen LogP contribution < -0.4 is 0 Å². The molecule has 1 aromatic carbocycles. The summed E-state index contributed by atoms with van der Waals surface area (Å²) in [4.78, 5) is 2.51. The van der Waals surface area contributed by atoms with Crippen molar-refractivity contribution < 1.29 is 0 Å². The number of benzene rings is 1. The van der Waals surface area contributed by atoms with Gasteiger partial charge >= 0.3 is 0 Å². The molecule has 0 aliphatic carbocycles. The first-order valence-corrected chi connectivity index (χ1v) is 7.84. The molecule has 0 bridgehead atoms. The van der Waals surface area contributed by atoms with Crippen LogP contribution >= 0.6 is 11.3 Å². The van der Waals surface area contributed by atoms with Crippen LogP contribution in [0, 0.1) is 11.3 Å². The number of hydrogen-bond donors (Lipinski definition) is 0. The Morgan fingerprint density at radius 1 is 1.37 bits per heavy atom. The molecule has 2 heterocycles. The highest BCUT2D eigenvalue weighted by Gasteiger charge is 2.23. The van der Waals surface area contributed by atoms with Gasteiger partial charge in [0.15, 0.2) is 0 Å². The lowest BCUT2D eigenvalue weighted by molar-refractivity contribution is 0.223. The Labute approximate surface area is 118 Å². The fraction of sp³-hybridized carbons (Fsp3) is 0.438. The summed E-state index contributed by atoms with van der Waals surface area (Å²) in [6.07, 6.45) is 2.44. The average molecular weight is 270 g/mol. The van der Waals surface area contributed by atoms with Gasteiger partial charge < -0.3 is 4.90 Å². The maximum atomic E-state index is 9.30. The number of nitriles is 1. The van der Waals surface area contributed by atoms with E-state index in [4.69, 9.17) is 0 Å². The lowest BCUT2D eigenvalue weighted by Crippen LogP contribution is -2.32. The van der Waals surface area contributed by atoms with Crippen LogP contribution in [0.1, 0.15) is 36.8 Å². The highest BCUT2D eigenvalue weighted by Crippen LogP contribution is 2.38. The fourth-order valence-corrected chi connectivity index (χ4v) is 4.13. The maximum Gasteiger partial charge on any atom is 0.0998 e. The van der Waals surface area contributed by atoms with Gasteiger partial charge in [-0.3, -0.25) is 0 Å². The topological polar surface area (TPSA) is 27.0 Å². The molecule has 1 aromatic heterocycles. The van der Waals surface area contributed by atoms with Crippen molar-refractivity contribution in [2.45, 2.75) is 25.7 Å². The predicted molar refractivity (Wildman–Crippen MR) is 80.6 cm³/mol. The Kier molecular flexibility index (Phi) is 3.54. The van der Waals surface area contributed by atoms with Gasteiger partial charge in [-0.25, -0.2) is 0 Å². The molecule has 2 nitrogen and oxygen atoms in total. The number of fused-ring (bicyclic) bond motifs is 1. The number of thiophene rings is 1. The smallest absolute Gasteiger partial charge is 0.0998 e. The molecular weight excluding hydrogens is 252 g/mol. The first-order chi connectivity index (χ1) is 9.33. The highest BCUT2D eigenvalue weighted by molar-refractivity contribution is 7.17. The van der Waals surface area contributed by atoms with E-state index in [1.54, 1.807) is 11.3 Å². The summed E-state index contributed by atoms with van der Waals surface area (Å²) in [5, 5.41) is 12.8. The minimum atomic E-state index is 0.631. The van der Waals surface area contributed by atoms with Crippen LogP contribution in [0.5, 0.6) is 0 Å². The van der Waals surface area contributed by atoms with Crippen molar-refractivity contribution in [2.75, 3.05) is 19.6 Å². The second-order valence-electron chi connectivity index (χ2n) is 5.19. The Hall–Kier alpha value is -1.37. The molecule has 0 radical (unpaired) electrons. The van der Waals surface area contributed by atoms with Gasteiger partial charge in [0, 0.05) is 10.1 Å². The van der Waals surface area contributed by atoms with E-state index in [0.717, 1.165) is 12.1 Å². The summed E-state index contributed by atoms with van der Waals surface area (Å²) >= 11 is 1.78. The van der Waals surface area contributed by atoms with E-state index < -0.39 is 0 Å². The van der Waals surface area contributed by atoms with Crippen molar-refractivity contribution in [3.05, 3.63) is 34.7 Å². The maximum absolute atomic E-state index is 9.30. The van der Waals surface area contributed by atoms with Crippen LogP contribution in [0.2, 0.25) is 0 Å². The normalized spacial score (nSPS) is 17.7. The summed E-state index contributed by atoms with van der Waals surface area (Å²) in [7, 11) is 0. The number of likely N-dealkylation sites (tertiary alicyclic amines) is 1. The van der Waals surface area contributed by atoms with Crippen molar-refractivity contribution in [1.29, 1.82) is 5.26 Å². The lowest BCUT2D eigenvalue weighted by atomic mass is 9.88. The Morgan fingerprint density at radius 2 is 2.16 bits per heavy atom. The zero-order chi connectivity index (χ0) is 13.2. The summed E-state index contributed by atoms with van der Waals surface area (Å²) in [5.74, 6) is 0.631. The quantitative estimate of drug-likeness (QED) is 0.825. The van der Waals surface area contributed by atoms with Crippen LogP contribution in [0.25, 0.3) is 10.1 Å². The van der Waals surface area contributed by atoms with Crippen molar-refractivity contribution in [2.24, 2.45) is 0 Å². The van der Waals surface area contributed by atoms with Crippen LogP contribution in [0.15, 0.2) is 23.6 Å². The molecule has 3 rings (SSSR count). The van der Waals surface area contributed by atoms with Crippen molar-refractivity contribution in [3.8, 4) is 6.07 Å². The number of rotatable bonds is 2. The van der Waals surface area contributed by atoms with E-state index in [1.165, 1.54) is 41.6 Å². The molecule has 0 amide bonds. The van der Waals surface area contributed by atoms with Crippen LogP contribution in [0.3, 0.4) is 0 Å². The van der Waals surface area contributed by atoms with E-state index in [1.807, 2.05) is 12.1 Å². The molecule has 0 saturated carbocycles. The second-order valence-corrected chi connectivity index (χ2v) is 6.10. The van der Waals surface area contributed by atoms with E-state index in [2.05, 4.69) is 29.3 Å². The molecule has 3 heteroatoms. The largest absolute Gasteiger partial charge is 0.304 e. The lowest BCUT2D eigenvalue weighted by Gasteiger charge is -2.31. The monoisotopic (exact) mass is 270 g/mol. The van der Waals surface area contributed by atoms with Gasteiger partial charge in [-0.1, -0.05) is 13.0 Å². The van der Waals surface area contributed by atoms with Gasteiger partial charge in [-0.2, -0.15) is 5.26 Å². The minimum Gasteiger partial charge on any atom is -0.304 e. The number of piperidine rings is 1. The Balaban J connectivity index is 1.96. The fourth-order valence-electron chi connectivity index (χ4n) is 3.07. The van der Waals surface area contributed by atoms with E-state index in [-0.39, 0.29) is 0 Å². The van der Waals surface area contributed by atoms with Gasteiger partial charge in [0.1, 0.15) is 0 Å². The number of nitrogens with zero attached hydrogens (tertiary/aromatic N) is 2. The van der Waals surface area contributed by atoms with Gasteiger partial charge in [-0.15, -0.1) is 11.3 Å². The molecule has 0 atom stereocenters. The van der Waals surface area contributed by atoms with E-state index in [0.29, 0.717) is 5.92 Å². The molecule has 1 saturated heterocycles. The van der Waals surface area contributed by atoms with Crippen molar-refractivity contribution in [3.63, 3.8) is 0 Å². The molecule has 2 aromatic rings. The molecule has 0 spiro atoms. The minimum absolute atomic E-state index is 0.631. The summed E-state index contributed by atoms with van der Waals surface area (Å²) in [5.41, 5.74) is 2.25. The number of hydrogen-bond acceptors (Lipinski definition) is 3. The van der Waals surface area contributed by atoms with Crippen LogP contribution in [0.4, 0.5) is 0 Å². The zero-order valence-corrected chi connectivity index (χ0v) is 12.0. The van der Waals surface area contributed by atoms with Gasteiger partial charge in [-0.05, 0) is 61.5 Å². The highest BCUT2D eigenvalue weighted by atomic mass is 32.1. The molecule has 19 heavy (non-hydrogen) atoms. The predicted octanol–water partition coefficient (Wildman–Crippen LogP) is 3.97. The SMILES string of the molecule is CCN1CCC(c2csc3cccc(C#N)c23)CC1. The standard InChI is InChI=1S/C16H18N2S/c1-2-18-8-6-12(7-9-18)14-11-19-15-5-3-4-13(10-17)16(14)15/h3-5,11-12H,2,6-9H2,1H3. The van der Waals surface area contributed by atoms with Gasteiger partial charge in [0.2, 0.25) is 0 Å². The third-order valence-corrected chi connectivity index (χ3v) is 5.19. The van der Waals surface area contributed by atoms with Gasteiger partial charge in [0.25, 0.3) is 0 Å². The first kappa shape index (κ1) is 12.7. The van der Waals surface area contributed by atoms with Crippen molar-refractivity contribution in [1.82, 2.24) is 4.90 Å². The molecule has 0 N–H and O–H groups in total. The molecule has 1 aliphatic heterocycles. The van der Waals surface area contributed by atoms with Crippen LogP contribution in [-0.4, -0.2) is 24.5 Å². The molecule has 1 aliphatic rings.